The van der Waals surface area contributed by atoms with E-state index in [1.54, 1.807) is 0 Å². The zero-order valence-corrected chi connectivity index (χ0v) is 20.6. The highest BCUT2D eigenvalue weighted by Crippen LogP contribution is 2.29. The van der Waals surface area contributed by atoms with Crippen molar-refractivity contribution in [3.63, 3.8) is 0 Å². The molecule has 0 radical (unpaired) electrons. The summed E-state index contributed by atoms with van der Waals surface area (Å²) in [6.45, 7) is 4.82. The number of carbonyl (C=O) groups excluding carboxylic acids is 2. The Bertz CT molecular complexity index is 1050. The fraction of sp³-hybridized carbons (Fsp3) is 0.286. The third-order valence-electron chi connectivity index (χ3n) is 5.16. The molecule has 1 atom stereocenters. The number of benzene rings is 3. The molecule has 0 bridgehead atoms. The number of carbonyl (C=O) groups is 2. The van der Waals surface area contributed by atoms with Crippen LogP contribution in [0.3, 0.4) is 0 Å². The van der Waals surface area contributed by atoms with Crippen molar-refractivity contribution in [3.05, 3.63) is 84.4 Å². The Kier molecular flexibility index (Phi) is 10.0. The van der Waals surface area contributed by atoms with Crippen LogP contribution in [0.15, 0.2) is 83.8 Å². The van der Waals surface area contributed by atoms with Crippen molar-refractivity contribution < 1.29 is 14.3 Å². The monoisotopic (exact) mass is 476 g/mol. The smallest absolute Gasteiger partial charge is 0.237 e. The maximum Gasteiger partial charge on any atom is 0.237 e. The number of thioether (sulfide) groups is 1. The van der Waals surface area contributed by atoms with Crippen molar-refractivity contribution >= 4 is 35.0 Å². The predicted molar refractivity (Wildman–Crippen MR) is 141 cm³/mol. The largest absolute Gasteiger partial charge is 0.494 e. The summed E-state index contributed by atoms with van der Waals surface area (Å²) < 4.78 is 5.68. The van der Waals surface area contributed by atoms with E-state index in [9.17, 15) is 9.59 Å². The van der Waals surface area contributed by atoms with Gasteiger partial charge in [0.15, 0.2) is 0 Å². The molecule has 178 valence electrons. The average molecular weight is 477 g/mol. The Balaban J connectivity index is 1.55. The van der Waals surface area contributed by atoms with Crippen molar-refractivity contribution in [2.24, 2.45) is 0 Å². The number of hydrogen-bond donors (Lipinski definition) is 2. The Morgan fingerprint density at radius 3 is 2.35 bits per heavy atom. The second-order valence-electron chi connectivity index (χ2n) is 7.97. The molecule has 0 aliphatic rings. The Hall–Kier alpha value is -3.25. The molecule has 0 aromatic heterocycles. The molecule has 6 heteroatoms. The second kappa shape index (κ2) is 13.5. The molecule has 0 spiro atoms. The number of amides is 2. The van der Waals surface area contributed by atoms with Crippen molar-refractivity contribution in [2.45, 2.75) is 49.7 Å². The van der Waals surface area contributed by atoms with Crippen LogP contribution in [-0.2, 0) is 16.0 Å². The van der Waals surface area contributed by atoms with Crippen molar-refractivity contribution in [1.29, 1.82) is 0 Å². The lowest BCUT2D eigenvalue weighted by Crippen LogP contribution is -2.24. The van der Waals surface area contributed by atoms with E-state index in [2.05, 4.69) is 17.6 Å². The maximum absolute atomic E-state index is 12.9. The maximum atomic E-state index is 12.9. The Morgan fingerprint density at radius 1 is 0.882 bits per heavy atom. The molecule has 34 heavy (non-hydrogen) atoms. The van der Waals surface area contributed by atoms with Crippen LogP contribution in [0.2, 0.25) is 0 Å². The van der Waals surface area contributed by atoms with E-state index >= 15 is 0 Å². The zero-order valence-electron chi connectivity index (χ0n) is 19.8. The normalized spacial score (nSPS) is 11.5. The average Bonchev–Trinajstić information content (AvgIpc) is 2.84. The van der Waals surface area contributed by atoms with Gasteiger partial charge in [0, 0.05) is 16.3 Å². The number of hydrogen-bond acceptors (Lipinski definition) is 4. The van der Waals surface area contributed by atoms with E-state index in [0.29, 0.717) is 19.4 Å². The molecule has 2 amide bonds. The molecule has 0 heterocycles. The van der Waals surface area contributed by atoms with Crippen LogP contribution >= 0.6 is 11.8 Å². The summed E-state index contributed by atoms with van der Waals surface area (Å²) in [6.07, 6.45) is 3.11. The van der Waals surface area contributed by atoms with E-state index in [-0.39, 0.29) is 17.1 Å². The highest BCUT2D eigenvalue weighted by molar-refractivity contribution is 8.00. The first kappa shape index (κ1) is 25.4. The number of anilines is 2. The minimum atomic E-state index is -0.254. The first-order chi connectivity index (χ1) is 16.6. The van der Waals surface area contributed by atoms with Gasteiger partial charge in [0.05, 0.1) is 18.3 Å². The van der Waals surface area contributed by atoms with E-state index < -0.39 is 0 Å². The summed E-state index contributed by atoms with van der Waals surface area (Å²) in [5.74, 6) is 0.685. The van der Waals surface area contributed by atoms with E-state index in [1.807, 2.05) is 85.8 Å². The molecular formula is C28H32N2O3S. The molecule has 3 aromatic rings. The minimum absolute atomic E-state index is 0.0503. The van der Waals surface area contributed by atoms with Gasteiger partial charge in [-0.15, -0.1) is 11.8 Å². The molecule has 5 nitrogen and oxygen atoms in total. The van der Waals surface area contributed by atoms with Gasteiger partial charge in [0.1, 0.15) is 5.75 Å². The van der Waals surface area contributed by atoms with Gasteiger partial charge < -0.3 is 15.4 Å². The first-order valence-electron chi connectivity index (χ1n) is 11.7. The summed E-state index contributed by atoms with van der Waals surface area (Å²) in [5, 5.41) is 5.69. The van der Waals surface area contributed by atoms with Crippen LogP contribution in [0.1, 0.15) is 38.7 Å². The van der Waals surface area contributed by atoms with Crippen molar-refractivity contribution in [3.8, 4) is 5.75 Å². The Labute approximate surface area is 206 Å². The highest BCUT2D eigenvalue weighted by atomic mass is 32.2. The first-order valence-corrected chi connectivity index (χ1v) is 12.6. The van der Waals surface area contributed by atoms with Crippen LogP contribution in [0, 0.1) is 0 Å². The lowest BCUT2D eigenvalue weighted by atomic mass is 10.1. The van der Waals surface area contributed by atoms with Gasteiger partial charge in [-0.3, -0.25) is 9.59 Å². The third kappa shape index (κ3) is 8.27. The van der Waals surface area contributed by atoms with Crippen LogP contribution in [0.5, 0.6) is 5.75 Å². The number of rotatable bonds is 12. The minimum Gasteiger partial charge on any atom is -0.494 e. The van der Waals surface area contributed by atoms with Crippen molar-refractivity contribution in [1.82, 2.24) is 0 Å². The molecule has 0 saturated heterocycles. The molecule has 3 aromatic carbocycles. The quantitative estimate of drug-likeness (QED) is 0.230. The van der Waals surface area contributed by atoms with Gasteiger partial charge in [-0.2, -0.15) is 0 Å². The molecule has 3 rings (SSSR count). The molecule has 0 fully saturated rings. The van der Waals surface area contributed by atoms with Crippen LogP contribution in [0.25, 0.3) is 0 Å². The van der Waals surface area contributed by atoms with Crippen LogP contribution < -0.4 is 15.4 Å². The van der Waals surface area contributed by atoms with Gasteiger partial charge in [-0.05, 0) is 60.9 Å². The molecular weight excluding hydrogens is 444 g/mol. The van der Waals surface area contributed by atoms with Crippen LogP contribution in [0.4, 0.5) is 11.4 Å². The molecule has 0 aliphatic carbocycles. The topological polar surface area (TPSA) is 67.4 Å². The lowest BCUT2D eigenvalue weighted by Gasteiger charge is -2.16. The molecule has 1 unspecified atom stereocenters. The highest BCUT2D eigenvalue weighted by Gasteiger charge is 2.18. The zero-order chi connectivity index (χ0) is 24.2. The standard InChI is InChI=1S/C28H32N2O3S/c1-3-5-18-33-24-16-14-22(15-17-24)30-28(32)26(4-2)34-25-13-9-12-23(20-25)29-27(31)19-21-10-7-6-8-11-21/h6-17,20,26H,3-5,18-19H2,1-2H3,(H,29,31)(H,30,32). The summed E-state index contributed by atoms with van der Waals surface area (Å²) >= 11 is 1.49. The summed E-state index contributed by atoms with van der Waals surface area (Å²) in [6, 6.07) is 24.7. The van der Waals surface area contributed by atoms with Gasteiger partial charge in [-0.1, -0.05) is 56.7 Å². The summed E-state index contributed by atoms with van der Waals surface area (Å²) in [4.78, 5) is 26.2. The van der Waals surface area contributed by atoms with Crippen LogP contribution in [-0.4, -0.2) is 23.7 Å². The fourth-order valence-electron chi connectivity index (χ4n) is 3.31. The SMILES string of the molecule is CCCCOc1ccc(NC(=O)C(CC)Sc2cccc(NC(=O)Cc3ccccc3)c2)cc1. The number of nitrogens with one attached hydrogen (secondary N) is 2. The van der Waals surface area contributed by atoms with Crippen molar-refractivity contribution in [2.75, 3.05) is 17.2 Å². The molecule has 0 aliphatic heterocycles. The van der Waals surface area contributed by atoms with E-state index in [0.717, 1.165) is 40.4 Å². The fourth-order valence-corrected chi connectivity index (χ4v) is 4.33. The lowest BCUT2D eigenvalue weighted by molar-refractivity contribution is -0.116. The van der Waals surface area contributed by atoms with Gasteiger partial charge >= 0.3 is 0 Å². The Morgan fingerprint density at radius 2 is 1.65 bits per heavy atom. The van der Waals surface area contributed by atoms with E-state index in [1.165, 1.54) is 11.8 Å². The third-order valence-corrected chi connectivity index (χ3v) is 6.51. The molecule has 2 N–H and O–H groups in total. The predicted octanol–water partition coefficient (Wildman–Crippen LogP) is 6.56. The van der Waals surface area contributed by atoms with Gasteiger partial charge in [0.2, 0.25) is 11.8 Å². The molecule has 0 saturated carbocycles. The van der Waals surface area contributed by atoms with E-state index in [4.69, 9.17) is 4.74 Å². The van der Waals surface area contributed by atoms with Gasteiger partial charge in [0.25, 0.3) is 0 Å². The number of unbranched alkanes of at least 4 members (excludes halogenated alkanes) is 1. The van der Waals surface area contributed by atoms with Gasteiger partial charge in [-0.25, -0.2) is 0 Å². The second-order valence-corrected chi connectivity index (χ2v) is 9.24. The summed E-state index contributed by atoms with van der Waals surface area (Å²) in [5.41, 5.74) is 2.43. The summed E-state index contributed by atoms with van der Waals surface area (Å²) in [7, 11) is 0. The number of ether oxygens (including phenoxy) is 1.